The summed E-state index contributed by atoms with van der Waals surface area (Å²) in [7, 11) is 0. The van der Waals surface area contributed by atoms with Crippen molar-refractivity contribution < 1.29 is 5.11 Å². The zero-order chi connectivity index (χ0) is 12.1. The van der Waals surface area contributed by atoms with Crippen LogP contribution in [0.15, 0.2) is 6.20 Å². The highest BCUT2D eigenvalue weighted by Crippen LogP contribution is 2.19. The minimum absolute atomic E-state index is 0.0903. The predicted octanol–water partition coefficient (Wildman–Crippen LogP) is 0.278. The van der Waals surface area contributed by atoms with E-state index in [1.165, 1.54) is 0 Å². The molecule has 90 valence electrons. The van der Waals surface area contributed by atoms with Crippen LogP contribution in [0.5, 0.6) is 0 Å². The van der Waals surface area contributed by atoms with Gasteiger partial charge in [-0.2, -0.15) is 4.98 Å². The fraction of sp³-hybridized carbons (Fsp3) is 0.600. The first-order valence-electron chi connectivity index (χ1n) is 5.28. The Kier molecular flexibility index (Phi) is 4.45. The van der Waals surface area contributed by atoms with E-state index in [1.54, 1.807) is 6.20 Å². The van der Waals surface area contributed by atoms with Gasteiger partial charge in [-0.15, -0.1) is 0 Å². The number of aliphatic hydroxyl groups excluding tert-OH is 1. The maximum atomic E-state index is 9.04. The summed E-state index contributed by atoms with van der Waals surface area (Å²) in [6.45, 7) is 6.66. The standard InChI is InChI=1S/C10H19N5O/c1-7(2)15(4-5-16)9-8(3)6-12-10(13-9)14-11/h6-7,16H,4-5,11H2,1-3H3,(H,12,13,14). The van der Waals surface area contributed by atoms with Gasteiger partial charge in [0.2, 0.25) is 5.95 Å². The molecule has 0 aliphatic rings. The average Bonchev–Trinajstić information content (AvgIpc) is 2.27. The average molecular weight is 225 g/mol. The summed E-state index contributed by atoms with van der Waals surface area (Å²) in [5.74, 6) is 6.45. The lowest BCUT2D eigenvalue weighted by atomic mass is 10.2. The van der Waals surface area contributed by atoms with Crippen molar-refractivity contribution in [1.29, 1.82) is 0 Å². The molecule has 0 saturated carbocycles. The summed E-state index contributed by atoms with van der Waals surface area (Å²) in [5.41, 5.74) is 3.38. The van der Waals surface area contributed by atoms with E-state index < -0.39 is 0 Å². The molecule has 1 aromatic rings. The van der Waals surface area contributed by atoms with Crippen molar-refractivity contribution in [2.24, 2.45) is 5.84 Å². The number of rotatable bonds is 5. The molecule has 1 heterocycles. The topological polar surface area (TPSA) is 87.3 Å². The van der Waals surface area contributed by atoms with E-state index in [0.29, 0.717) is 12.5 Å². The molecule has 4 N–H and O–H groups in total. The minimum atomic E-state index is 0.0903. The summed E-state index contributed by atoms with van der Waals surface area (Å²) < 4.78 is 0. The van der Waals surface area contributed by atoms with Crippen molar-refractivity contribution in [3.8, 4) is 0 Å². The number of aryl methyl sites for hydroxylation is 1. The largest absolute Gasteiger partial charge is 0.395 e. The summed E-state index contributed by atoms with van der Waals surface area (Å²) >= 11 is 0. The Morgan fingerprint density at radius 2 is 2.25 bits per heavy atom. The molecule has 16 heavy (non-hydrogen) atoms. The molecule has 0 saturated heterocycles. The van der Waals surface area contributed by atoms with Gasteiger partial charge >= 0.3 is 0 Å². The Morgan fingerprint density at radius 1 is 1.56 bits per heavy atom. The van der Waals surface area contributed by atoms with Crippen molar-refractivity contribution in [3.05, 3.63) is 11.8 Å². The fourth-order valence-corrected chi connectivity index (χ4v) is 1.51. The Bertz CT molecular complexity index is 342. The second kappa shape index (κ2) is 5.62. The molecule has 6 nitrogen and oxygen atoms in total. The maximum Gasteiger partial charge on any atom is 0.239 e. The van der Waals surface area contributed by atoms with Gasteiger partial charge in [0, 0.05) is 24.3 Å². The number of nitrogens with zero attached hydrogens (tertiary/aromatic N) is 3. The monoisotopic (exact) mass is 225 g/mol. The van der Waals surface area contributed by atoms with Gasteiger partial charge in [-0.1, -0.05) is 0 Å². The number of aliphatic hydroxyl groups is 1. The predicted molar refractivity (Wildman–Crippen MR) is 64.1 cm³/mol. The SMILES string of the molecule is Cc1cnc(NN)nc1N(CCO)C(C)C. The summed E-state index contributed by atoms with van der Waals surface area (Å²) in [4.78, 5) is 10.3. The van der Waals surface area contributed by atoms with Gasteiger partial charge in [-0.25, -0.2) is 10.8 Å². The van der Waals surface area contributed by atoms with Gasteiger partial charge in [0.1, 0.15) is 5.82 Å². The summed E-state index contributed by atoms with van der Waals surface area (Å²) in [6.07, 6.45) is 1.71. The van der Waals surface area contributed by atoms with Gasteiger partial charge in [-0.05, 0) is 20.8 Å². The third kappa shape index (κ3) is 2.80. The van der Waals surface area contributed by atoms with E-state index in [-0.39, 0.29) is 12.6 Å². The number of hydrazine groups is 1. The van der Waals surface area contributed by atoms with Crippen LogP contribution >= 0.6 is 0 Å². The molecule has 0 bridgehead atoms. The van der Waals surface area contributed by atoms with Gasteiger partial charge in [0.15, 0.2) is 0 Å². The number of aromatic nitrogens is 2. The van der Waals surface area contributed by atoms with Crippen LogP contribution < -0.4 is 16.2 Å². The van der Waals surface area contributed by atoms with Crippen molar-refractivity contribution in [1.82, 2.24) is 9.97 Å². The Labute approximate surface area is 95.5 Å². The summed E-state index contributed by atoms with van der Waals surface area (Å²) in [6, 6.07) is 0.256. The first-order valence-corrected chi connectivity index (χ1v) is 5.28. The van der Waals surface area contributed by atoms with E-state index >= 15 is 0 Å². The van der Waals surface area contributed by atoms with Crippen molar-refractivity contribution in [2.45, 2.75) is 26.8 Å². The van der Waals surface area contributed by atoms with Crippen LogP contribution in [-0.2, 0) is 0 Å². The van der Waals surface area contributed by atoms with Crippen molar-refractivity contribution in [3.63, 3.8) is 0 Å². The van der Waals surface area contributed by atoms with Crippen LogP contribution in [0.4, 0.5) is 11.8 Å². The molecule has 0 radical (unpaired) electrons. The van der Waals surface area contributed by atoms with E-state index in [9.17, 15) is 0 Å². The van der Waals surface area contributed by atoms with Gasteiger partial charge in [-0.3, -0.25) is 5.43 Å². The van der Waals surface area contributed by atoms with Crippen LogP contribution in [0.2, 0.25) is 0 Å². The molecular weight excluding hydrogens is 206 g/mol. The second-order valence-corrected chi connectivity index (χ2v) is 3.86. The highest BCUT2D eigenvalue weighted by Gasteiger charge is 2.14. The lowest BCUT2D eigenvalue weighted by Crippen LogP contribution is -2.35. The molecular formula is C10H19N5O. The van der Waals surface area contributed by atoms with Crippen molar-refractivity contribution in [2.75, 3.05) is 23.5 Å². The number of hydrogen-bond acceptors (Lipinski definition) is 6. The van der Waals surface area contributed by atoms with Gasteiger partial charge < -0.3 is 10.0 Å². The van der Waals surface area contributed by atoms with Gasteiger partial charge in [0.05, 0.1) is 6.61 Å². The number of anilines is 2. The van der Waals surface area contributed by atoms with Gasteiger partial charge in [0.25, 0.3) is 0 Å². The van der Waals surface area contributed by atoms with Crippen LogP contribution in [-0.4, -0.2) is 34.3 Å². The Hall–Kier alpha value is -1.40. The van der Waals surface area contributed by atoms with Crippen LogP contribution in [0.3, 0.4) is 0 Å². The Balaban J connectivity index is 3.06. The van der Waals surface area contributed by atoms with E-state index in [1.807, 2.05) is 25.7 Å². The first-order chi connectivity index (χ1) is 7.60. The number of nitrogens with one attached hydrogen (secondary N) is 1. The Morgan fingerprint density at radius 3 is 2.75 bits per heavy atom. The van der Waals surface area contributed by atoms with E-state index in [0.717, 1.165) is 11.4 Å². The number of hydrogen-bond donors (Lipinski definition) is 3. The highest BCUT2D eigenvalue weighted by molar-refractivity contribution is 5.49. The minimum Gasteiger partial charge on any atom is -0.395 e. The third-order valence-electron chi connectivity index (χ3n) is 2.31. The van der Waals surface area contributed by atoms with E-state index in [2.05, 4.69) is 15.4 Å². The highest BCUT2D eigenvalue weighted by atomic mass is 16.3. The van der Waals surface area contributed by atoms with Crippen LogP contribution in [0, 0.1) is 6.92 Å². The maximum absolute atomic E-state index is 9.04. The quantitative estimate of drug-likeness (QED) is 0.493. The fourth-order valence-electron chi connectivity index (χ4n) is 1.51. The molecule has 0 fully saturated rings. The number of nitrogen functional groups attached to an aromatic ring is 1. The van der Waals surface area contributed by atoms with Crippen LogP contribution in [0.1, 0.15) is 19.4 Å². The zero-order valence-electron chi connectivity index (χ0n) is 9.94. The van der Waals surface area contributed by atoms with Crippen LogP contribution in [0.25, 0.3) is 0 Å². The molecule has 0 aliphatic carbocycles. The molecule has 0 aliphatic heterocycles. The summed E-state index contributed by atoms with van der Waals surface area (Å²) in [5, 5.41) is 9.04. The second-order valence-electron chi connectivity index (χ2n) is 3.86. The molecule has 1 aromatic heterocycles. The lowest BCUT2D eigenvalue weighted by molar-refractivity contribution is 0.298. The molecule has 0 unspecified atom stereocenters. The normalized spacial score (nSPS) is 10.6. The molecule has 0 aromatic carbocycles. The molecule has 0 spiro atoms. The van der Waals surface area contributed by atoms with E-state index in [4.69, 9.17) is 10.9 Å². The van der Waals surface area contributed by atoms with Crippen molar-refractivity contribution >= 4 is 11.8 Å². The molecule has 0 atom stereocenters. The molecule has 0 amide bonds. The third-order valence-corrected chi connectivity index (χ3v) is 2.31. The molecule has 6 heteroatoms. The first kappa shape index (κ1) is 12.7. The zero-order valence-corrected chi connectivity index (χ0v) is 9.94. The smallest absolute Gasteiger partial charge is 0.239 e. The number of nitrogens with two attached hydrogens (primary N) is 1. The molecule has 1 rings (SSSR count). The lowest BCUT2D eigenvalue weighted by Gasteiger charge is -2.28.